The maximum atomic E-state index is 13.1. The zero-order valence-electron chi connectivity index (χ0n) is 16.1. The molecule has 1 N–H and O–H groups in total. The fourth-order valence-electron chi connectivity index (χ4n) is 3.86. The normalized spacial score (nSPS) is 18.9. The van der Waals surface area contributed by atoms with Gasteiger partial charge in [-0.3, -0.25) is 9.59 Å². The molecule has 142 valence electrons. The van der Waals surface area contributed by atoms with Crippen LogP contribution in [0, 0.1) is 13.8 Å². The maximum absolute atomic E-state index is 13.1. The zero-order chi connectivity index (χ0) is 19.9. The Morgan fingerprint density at radius 1 is 1.04 bits per heavy atom. The van der Waals surface area contributed by atoms with Crippen LogP contribution in [0.1, 0.15) is 44.6 Å². The largest absolute Gasteiger partial charge is 0.493 e. The van der Waals surface area contributed by atoms with Crippen LogP contribution in [0.4, 0.5) is 0 Å². The van der Waals surface area contributed by atoms with Crippen molar-refractivity contribution < 1.29 is 24.2 Å². The summed E-state index contributed by atoms with van der Waals surface area (Å²) in [6.45, 7) is 3.91. The fourth-order valence-corrected chi connectivity index (χ4v) is 3.86. The van der Waals surface area contributed by atoms with Crippen LogP contribution in [-0.2, 0) is 4.79 Å². The molecule has 6 heteroatoms. The van der Waals surface area contributed by atoms with Crippen molar-refractivity contribution >= 4 is 11.9 Å². The highest BCUT2D eigenvalue weighted by Crippen LogP contribution is 2.46. The quantitative estimate of drug-likeness (QED) is 0.895. The number of ether oxygens (including phenoxy) is 2. The second-order valence-corrected chi connectivity index (χ2v) is 6.83. The number of carbonyl (C=O) groups excluding carboxylic acids is 1. The van der Waals surface area contributed by atoms with Crippen molar-refractivity contribution in [3.8, 4) is 11.5 Å². The first-order chi connectivity index (χ1) is 12.8. The van der Waals surface area contributed by atoms with Gasteiger partial charge in [0.05, 0.1) is 20.3 Å². The number of amides is 1. The van der Waals surface area contributed by atoms with E-state index in [1.165, 1.54) is 19.1 Å². The Morgan fingerprint density at radius 3 is 2.22 bits per heavy atom. The molecule has 0 saturated carbocycles. The molecule has 2 aromatic carbocycles. The van der Waals surface area contributed by atoms with Crippen molar-refractivity contribution in [3.05, 3.63) is 58.1 Å². The maximum Gasteiger partial charge on any atom is 0.313 e. The van der Waals surface area contributed by atoms with Crippen LogP contribution in [0.15, 0.2) is 30.3 Å². The number of hydrogen-bond acceptors (Lipinski definition) is 4. The van der Waals surface area contributed by atoms with Crippen molar-refractivity contribution in [2.45, 2.75) is 25.8 Å². The third-order valence-electron chi connectivity index (χ3n) is 5.18. The zero-order valence-corrected chi connectivity index (χ0v) is 16.1. The van der Waals surface area contributed by atoms with E-state index in [-0.39, 0.29) is 5.91 Å². The van der Waals surface area contributed by atoms with Gasteiger partial charge < -0.3 is 19.5 Å². The van der Waals surface area contributed by atoms with Gasteiger partial charge in [-0.05, 0) is 42.7 Å². The van der Waals surface area contributed by atoms with Gasteiger partial charge in [-0.1, -0.05) is 23.8 Å². The van der Waals surface area contributed by atoms with Crippen LogP contribution in [0.5, 0.6) is 11.5 Å². The highest BCUT2D eigenvalue weighted by atomic mass is 16.5. The SMILES string of the molecule is COc1cc2c(cc1OC)[C@H](C(=O)O)[C@@H](c1ccc(C)cc1C)N(C)C2=O. The number of carbonyl (C=O) groups is 2. The molecule has 3 rings (SSSR count). The molecule has 27 heavy (non-hydrogen) atoms. The lowest BCUT2D eigenvalue weighted by molar-refractivity contribution is -0.140. The summed E-state index contributed by atoms with van der Waals surface area (Å²) in [6, 6.07) is 8.39. The molecule has 1 aliphatic heterocycles. The number of likely N-dealkylation sites (N-methyl/N-ethyl adjacent to an activating group) is 1. The first-order valence-electron chi connectivity index (χ1n) is 8.63. The number of benzene rings is 2. The molecular weight excluding hydrogens is 346 g/mol. The second-order valence-electron chi connectivity index (χ2n) is 6.83. The Hall–Kier alpha value is -3.02. The first kappa shape index (κ1) is 18.8. The van der Waals surface area contributed by atoms with E-state index in [2.05, 4.69) is 0 Å². The minimum Gasteiger partial charge on any atom is -0.493 e. The van der Waals surface area contributed by atoms with Gasteiger partial charge in [0.1, 0.15) is 5.92 Å². The number of aliphatic carboxylic acids is 1. The number of carboxylic acids is 1. The predicted molar refractivity (Wildman–Crippen MR) is 101 cm³/mol. The van der Waals surface area contributed by atoms with E-state index in [4.69, 9.17) is 9.47 Å². The third kappa shape index (κ3) is 3.01. The third-order valence-corrected chi connectivity index (χ3v) is 5.18. The molecule has 0 unspecified atom stereocenters. The van der Waals surface area contributed by atoms with Crippen molar-refractivity contribution in [2.24, 2.45) is 0 Å². The average molecular weight is 369 g/mol. The number of carboxylic acid groups (broad SMARTS) is 1. The Kier molecular flexibility index (Phi) is 4.83. The van der Waals surface area contributed by atoms with Gasteiger partial charge in [0.25, 0.3) is 5.91 Å². The number of hydrogen-bond donors (Lipinski definition) is 1. The van der Waals surface area contributed by atoms with E-state index >= 15 is 0 Å². The van der Waals surface area contributed by atoms with Gasteiger partial charge in [0.2, 0.25) is 0 Å². The second kappa shape index (κ2) is 6.95. The minimum absolute atomic E-state index is 0.242. The predicted octanol–water partition coefficient (Wildman–Crippen LogP) is 3.32. The van der Waals surface area contributed by atoms with E-state index in [0.29, 0.717) is 22.6 Å². The molecule has 1 aliphatic rings. The Bertz CT molecular complexity index is 921. The van der Waals surface area contributed by atoms with E-state index in [1.54, 1.807) is 19.2 Å². The molecule has 0 spiro atoms. The summed E-state index contributed by atoms with van der Waals surface area (Å²) < 4.78 is 10.6. The number of fused-ring (bicyclic) bond motifs is 1. The molecule has 0 bridgehead atoms. The number of nitrogens with zero attached hydrogens (tertiary/aromatic N) is 1. The van der Waals surface area contributed by atoms with Crippen LogP contribution in [0.3, 0.4) is 0 Å². The fraction of sp³-hybridized carbons (Fsp3) is 0.333. The van der Waals surface area contributed by atoms with Gasteiger partial charge >= 0.3 is 5.97 Å². The van der Waals surface area contributed by atoms with Gasteiger partial charge in [0, 0.05) is 12.6 Å². The Labute approximate surface area is 158 Å². The molecule has 0 aliphatic carbocycles. The summed E-state index contributed by atoms with van der Waals surface area (Å²) >= 11 is 0. The lowest BCUT2D eigenvalue weighted by Crippen LogP contribution is -2.43. The minimum atomic E-state index is -0.993. The van der Waals surface area contributed by atoms with Crippen molar-refractivity contribution in [3.63, 3.8) is 0 Å². The van der Waals surface area contributed by atoms with Gasteiger partial charge in [-0.25, -0.2) is 0 Å². The summed E-state index contributed by atoms with van der Waals surface area (Å²) in [5.74, 6) is -1.35. The summed E-state index contributed by atoms with van der Waals surface area (Å²) in [4.78, 5) is 26.8. The lowest BCUT2D eigenvalue weighted by Gasteiger charge is -2.39. The first-order valence-corrected chi connectivity index (χ1v) is 8.63. The van der Waals surface area contributed by atoms with Gasteiger partial charge in [-0.2, -0.15) is 0 Å². The summed E-state index contributed by atoms with van der Waals surface area (Å²) in [6.07, 6.45) is 0. The highest BCUT2D eigenvalue weighted by Gasteiger charge is 2.44. The highest BCUT2D eigenvalue weighted by molar-refractivity contribution is 6.01. The Balaban J connectivity index is 2.26. The lowest BCUT2D eigenvalue weighted by atomic mass is 9.78. The molecule has 1 heterocycles. The average Bonchev–Trinajstić information content (AvgIpc) is 2.63. The van der Waals surface area contributed by atoms with Gasteiger partial charge in [0.15, 0.2) is 11.5 Å². The van der Waals surface area contributed by atoms with Crippen molar-refractivity contribution in [1.29, 1.82) is 0 Å². The van der Waals surface area contributed by atoms with Crippen LogP contribution in [-0.4, -0.2) is 43.2 Å². The molecular formula is C21H23NO5. The molecule has 6 nitrogen and oxygen atoms in total. The van der Waals surface area contributed by atoms with E-state index in [0.717, 1.165) is 16.7 Å². The molecule has 0 fully saturated rings. The smallest absolute Gasteiger partial charge is 0.313 e. The van der Waals surface area contributed by atoms with Crippen molar-refractivity contribution in [1.82, 2.24) is 4.90 Å². The molecule has 0 aromatic heterocycles. The molecule has 1 amide bonds. The number of methoxy groups -OCH3 is 2. The topological polar surface area (TPSA) is 76.1 Å². The van der Waals surface area contributed by atoms with E-state index in [9.17, 15) is 14.7 Å². The van der Waals surface area contributed by atoms with Crippen molar-refractivity contribution in [2.75, 3.05) is 21.3 Å². The number of aryl methyl sites for hydroxylation is 2. The number of rotatable bonds is 4. The molecule has 2 atom stereocenters. The monoisotopic (exact) mass is 369 g/mol. The standard InChI is InChI=1S/C21H23NO5/c1-11-6-7-13(12(2)8-11)19-18(21(24)25)14-9-16(26-4)17(27-5)10-15(14)20(23)22(19)3/h6-10,18-19H,1-5H3,(H,24,25)/t18-,19+/m0/s1. The van der Waals surface area contributed by atoms with Crippen LogP contribution in [0.25, 0.3) is 0 Å². The summed E-state index contributed by atoms with van der Waals surface area (Å²) in [5, 5.41) is 10.0. The molecule has 0 saturated heterocycles. The van der Waals surface area contributed by atoms with Crippen LogP contribution in [0.2, 0.25) is 0 Å². The van der Waals surface area contributed by atoms with Gasteiger partial charge in [-0.15, -0.1) is 0 Å². The Morgan fingerprint density at radius 2 is 1.67 bits per heavy atom. The summed E-state index contributed by atoms with van der Waals surface area (Å²) in [5.41, 5.74) is 3.62. The van der Waals surface area contributed by atoms with E-state index in [1.807, 2.05) is 32.0 Å². The van der Waals surface area contributed by atoms with Crippen LogP contribution < -0.4 is 9.47 Å². The van der Waals surface area contributed by atoms with Crippen LogP contribution >= 0.6 is 0 Å². The molecule has 0 radical (unpaired) electrons. The van der Waals surface area contributed by atoms with E-state index < -0.39 is 17.9 Å². The molecule has 2 aromatic rings. The summed E-state index contributed by atoms with van der Waals surface area (Å²) in [7, 11) is 4.61.